The van der Waals surface area contributed by atoms with Crippen LogP contribution < -0.4 is 0 Å². The first-order chi connectivity index (χ1) is 5.42. The molecule has 2 atom stereocenters. The molecule has 0 aromatic rings. The molecule has 0 radical (unpaired) electrons. The van der Waals surface area contributed by atoms with Crippen molar-refractivity contribution in [1.29, 1.82) is 0 Å². The van der Waals surface area contributed by atoms with Crippen LogP contribution in [0.5, 0.6) is 0 Å². The highest BCUT2D eigenvalue weighted by atomic mass is 16.8. The fourth-order valence-corrected chi connectivity index (χ4v) is 1.49. The molecule has 3 nitrogen and oxygen atoms in total. The van der Waals surface area contributed by atoms with Crippen molar-refractivity contribution in [2.75, 3.05) is 19.7 Å². The minimum absolute atomic E-state index is 0.112. The maximum atomic E-state index is 5.30. The Balaban J connectivity index is 1.75. The highest BCUT2D eigenvalue weighted by Gasteiger charge is 2.47. The van der Waals surface area contributed by atoms with Gasteiger partial charge in [-0.2, -0.15) is 0 Å². The molecule has 0 N–H and O–H groups in total. The summed E-state index contributed by atoms with van der Waals surface area (Å²) >= 11 is 0. The summed E-state index contributed by atoms with van der Waals surface area (Å²) in [6.07, 6.45) is 2.94. The number of morpholine rings is 1. The number of epoxide rings is 1. The van der Waals surface area contributed by atoms with Gasteiger partial charge in [-0.25, -0.2) is 0 Å². The first kappa shape index (κ1) is 7.53. The molecular weight excluding hydrogens is 142 g/mol. The Morgan fingerprint density at radius 2 is 2.45 bits per heavy atom. The van der Waals surface area contributed by atoms with Crippen molar-refractivity contribution in [3.63, 3.8) is 0 Å². The second-order valence-electron chi connectivity index (χ2n) is 3.16. The van der Waals surface area contributed by atoms with E-state index in [2.05, 4.69) is 11.8 Å². The van der Waals surface area contributed by atoms with Crippen molar-refractivity contribution >= 4 is 0 Å². The second-order valence-corrected chi connectivity index (χ2v) is 3.16. The van der Waals surface area contributed by atoms with E-state index in [0.29, 0.717) is 6.23 Å². The lowest BCUT2D eigenvalue weighted by atomic mass is 10.3. The Hall–Kier alpha value is -0.120. The predicted molar refractivity (Wildman–Crippen MR) is 41.1 cm³/mol. The summed E-state index contributed by atoms with van der Waals surface area (Å²) < 4.78 is 10.6. The van der Waals surface area contributed by atoms with Crippen LogP contribution in [0.2, 0.25) is 0 Å². The van der Waals surface area contributed by atoms with Crippen LogP contribution in [0.3, 0.4) is 0 Å². The summed E-state index contributed by atoms with van der Waals surface area (Å²) in [6, 6.07) is 0. The van der Waals surface area contributed by atoms with Crippen molar-refractivity contribution in [1.82, 2.24) is 4.90 Å². The standard InChI is InChI=1S/C8H15NO2/c1-2-3-4-9-5-6-10-8-7(9)11-8/h7-8H,2-6H2,1H3. The van der Waals surface area contributed by atoms with Crippen molar-refractivity contribution in [3.8, 4) is 0 Å². The summed E-state index contributed by atoms with van der Waals surface area (Å²) in [5.74, 6) is 0. The number of ether oxygens (including phenoxy) is 2. The smallest absolute Gasteiger partial charge is 0.199 e. The van der Waals surface area contributed by atoms with Gasteiger partial charge in [0.05, 0.1) is 6.61 Å². The minimum Gasteiger partial charge on any atom is -0.347 e. The molecule has 2 saturated heterocycles. The van der Waals surface area contributed by atoms with E-state index in [1.54, 1.807) is 0 Å². The van der Waals surface area contributed by atoms with Gasteiger partial charge in [-0.05, 0) is 6.42 Å². The van der Waals surface area contributed by atoms with Crippen LogP contribution in [-0.4, -0.2) is 37.1 Å². The number of unbranched alkanes of at least 4 members (excludes halogenated alkanes) is 1. The quantitative estimate of drug-likeness (QED) is 0.566. The van der Waals surface area contributed by atoms with Crippen molar-refractivity contribution in [3.05, 3.63) is 0 Å². The Labute approximate surface area is 67.3 Å². The number of rotatable bonds is 3. The Kier molecular flexibility index (Phi) is 2.11. The topological polar surface area (TPSA) is 25.0 Å². The van der Waals surface area contributed by atoms with E-state index < -0.39 is 0 Å². The highest BCUT2D eigenvalue weighted by molar-refractivity contribution is 4.81. The number of hydrogen-bond acceptors (Lipinski definition) is 3. The third-order valence-electron chi connectivity index (χ3n) is 2.25. The zero-order valence-electron chi connectivity index (χ0n) is 6.95. The van der Waals surface area contributed by atoms with Gasteiger partial charge in [0, 0.05) is 13.1 Å². The van der Waals surface area contributed by atoms with Gasteiger partial charge in [0.2, 0.25) is 0 Å². The lowest BCUT2D eigenvalue weighted by Crippen LogP contribution is -2.37. The van der Waals surface area contributed by atoms with E-state index in [9.17, 15) is 0 Å². The van der Waals surface area contributed by atoms with Crippen LogP contribution >= 0.6 is 0 Å². The molecular formula is C8H15NO2. The van der Waals surface area contributed by atoms with Crippen LogP contribution in [-0.2, 0) is 9.47 Å². The molecule has 0 aromatic heterocycles. The molecule has 2 heterocycles. The molecule has 11 heavy (non-hydrogen) atoms. The molecule has 64 valence electrons. The maximum Gasteiger partial charge on any atom is 0.199 e. The van der Waals surface area contributed by atoms with Gasteiger partial charge in [-0.1, -0.05) is 13.3 Å². The van der Waals surface area contributed by atoms with E-state index in [4.69, 9.17) is 9.47 Å². The lowest BCUT2D eigenvalue weighted by molar-refractivity contribution is 0.0203. The zero-order valence-corrected chi connectivity index (χ0v) is 6.95. The summed E-state index contributed by atoms with van der Waals surface area (Å²) in [6.45, 7) is 5.26. The van der Waals surface area contributed by atoms with E-state index in [1.807, 2.05) is 0 Å². The van der Waals surface area contributed by atoms with Crippen molar-refractivity contribution in [2.24, 2.45) is 0 Å². The number of hydrogen-bond donors (Lipinski definition) is 0. The minimum atomic E-state index is 0.112. The molecule has 0 aromatic carbocycles. The van der Waals surface area contributed by atoms with E-state index in [-0.39, 0.29) is 6.29 Å². The molecule has 0 spiro atoms. The average Bonchev–Trinajstić information content (AvgIpc) is 2.79. The maximum absolute atomic E-state index is 5.30. The summed E-state index contributed by atoms with van der Waals surface area (Å²) in [7, 11) is 0. The first-order valence-electron chi connectivity index (χ1n) is 4.43. The number of fused-ring (bicyclic) bond motifs is 1. The molecule has 0 saturated carbocycles. The summed E-state index contributed by atoms with van der Waals surface area (Å²) in [5, 5.41) is 0. The van der Waals surface area contributed by atoms with Gasteiger partial charge in [0.1, 0.15) is 0 Å². The Morgan fingerprint density at radius 3 is 3.27 bits per heavy atom. The molecule has 2 fully saturated rings. The third-order valence-corrected chi connectivity index (χ3v) is 2.25. The molecule has 2 aliphatic heterocycles. The fraction of sp³-hybridized carbons (Fsp3) is 1.00. The van der Waals surface area contributed by atoms with Gasteiger partial charge in [-0.3, -0.25) is 4.90 Å². The van der Waals surface area contributed by atoms with Crippen LogP contribution in [0.25, 0.3) is 0 Å². The predicted octanol–water partition coefficient (Wildman–Crippen LogP) is 0.801. The molecule has 2 unspecified atom stereocenters. The largest absolute Gasteiger partial charge is 0.347 e. The summed E-state index contributed by atoms with van der Waals surface area (Å²) in [5.41, 5.74) is 0. The van der Waals surface area contributed by atoms with E-state index >= 15 is 0 Å². The van der Waals surface area contributed by atoms with Crippen molar-refractivity contribution in [2.45, 2.75) is 32.3 Å². The zero-order chi connectivity index (χ0) is 7.68. The Bertz CT molecular complexity index is 140. The second kappa shape index (κ2) is 3.09. The van der Waals surface area contributed by atoms with Gasteiger partial charge in [0.25, 0.3) is 0 Å². The molecule has 2 aliphatic rings. The monoisotopic (exact) mass is 157 g/mol. The third kappa shape index (κ3) is 1.55. The van der Waals surface area contributed by atoms with E-state index in [0.717, 1.165) is 13.2 Å². The molecule has 2 rings (SSSR count). The van der Waals surface area contributed by atoms with Crippen molar-refractivity contribution < 1.29 is 9.47 Å². The lowest BCUT2D eigenvalue weighted by Gasteiger charge is -2.22. The highest BCUT2D eigenvalue weighted by Crippen LogP contribution is 2.30. The van der Waals surface area contributed by atoms with E-state index in [1.165, 1.54) is 19.4 Å². The van der Waals surface area contributed by atoms with Crippen LogP contribution in [0.15, 0.2) is 0 Å². The van der Waals surface area contributed by atoms with Gasteiger partial charge in [-0.15, -0.1) is 0 Å². The van der Waals surface area contributed by atoms with Crippen LogP contribution in [0.1, 0.15) is 19.8 Å². The Morgan fingerprint density at radius 1 is 1.55 bits per heavy atom. The first-order valence-corrected chi connectivity index (χ1v) is 4.43. The molecule has 0 amide bonds. The molecule has 0 bridgehead atoms. The van der Waals surface area contributed by atoms with Gasteiger partial charge in [0.15, 0.2) is 12.5 Å². The fourth-order valence-electron chi connectivity index (χ4n) is 1.49. The van der Waals surface area contributed by atoms with Gasteiger partial charge < -0.3 is 9.47 Å². The SMILES string of the molecule is CCCCN1CCOC2OC21. The number of nitrogens with zero attached hydrogens (tertiary/aromatic N) is 1. The average molecular weight is 157 g/mol. The summed E-state index contributed by atoms with van der Waals surface area (Å²) in [4.78, 5) is 2.37. The van der Waals surface area contributed by atoms with Gasteiger partial charge >= 0.3 is 0 Å². The normalized spacial score (nSPS) is 36.8. The molecule has 0 aliphatic carbocycles. The molecule has 3 heteroatoms. The van der Waals surface area contributed by atoms with Crippen LogP contribution in [0.4, 0.5) is 0 Å². The van der Waals surface area contributed by atoms with Crippen LogP contribution in [0, 0.1) is 0 Å².